The summed E-state index contributed by atoms with van der Waals surface area (Å²) >= 11 is 20.8. The van der Waals surface area contributed by atoms with Crippen molar-refractivity contribution in [3.63, 3.8) is 0 Å². The van der Waals surface area contributed by atoms with E-state index in [2.05, 4.69) is 0 Å². The molecule has 4 aromatic rings. The van der Waals surface area contributed by atoms with Crippen molar-refractivity contribution in [3.05, 3.63) is 54.2 Å². The van der Waals surface area contributed by atoms with Crippen LogP contribution in [0.3, 0.4) is 0 Å². The zero-order valence-electron chi connectivity index (χ0n) is 14.7. The summed E-state index contributed by atoms with van der Waals surface area (Å²) in [6, 6.07) is 6.26. The van der Waals surface area contributed by atoms with Gasteiger partial charge in [-0.3, -0.25) is 0 Å². The van der Waals surface area contributed by atoms with Gasteiger partial charge in [0, 0.05) is 11.1 Å². The Bertz CT molecular complexity index is 1380. The molecule has 0 unspecified atom stereocenters. The Balaban J connectivity index is 2.40. The molecule has 5 nitrogen and oxygen atoms in total. The van der Waals surface area contributed by atoms with Gasteiger partial charge in [0.05, 0.1) is 33.5 Å². The fraction of sp³-hybridized carbons (Fsp3) is 0. The number of carbonyl (C=O) groups is 1. The zero-order valence-corrected chi connectivity index (χ0v) is 24.9. The molecule has 0 amide bonds. The molecule has 0 saturated heterocycles. The molecule has 3 aromatic carbocycles. The third-order valence-corrected chi connectivity index (χ3v) is 9.07. The molecule has 1 heterocycles. The molecule has 1 aromatic heterocycles. The third kappa shape index (κ3) is 3.94. The number of halogens is 6. The fourth-order valence-electron chi connectivity index (χ4n) is 3.24. The number of hydrogen-bond donors (Lipinski definition) is 3. The number of rotatable bonds is 2. The Hall–Kier alpha value is -0.100. The van der Waals surface area contributed by atoms with Crippen molar-refractivity contribution in [1.82, 2.24) is 0 Å². The fourth-order valence-corrected chi connectivity index (χ4v) is 7.24. The number of carboxylic acids is 1. The minimum absolute atomic E-state index is 0.0283. The van der Waals surface area contributed by atoms with Crippen molar-refractivity contribution < 1.29 is 24.5 Å². The minimum Gasteiger partial charge on any atom is -0.505 e. The topological polar surface area (TPSA) is 89.1 Å². The summed E-state index contributed by atoms with van der Waals surface area (Å²) in [5.74, 6) is -1.08. The number of aromatic carboxylic acids is 1. The van der Waals surface area contributed by atoms with Gasteiger partial charge in [-0.2, -0.15) is 0 Å². The molecule has 0 saturated carbocycles. The van der Waals surface area contributed by atoms with Crippen LogP contribution in [0.2, 0.25) is 10.0 Å². The van der Waals surface area contributed by atoms with E-state index in [-0.39, 0.29) is 32.7 Å². The van der Waals surface area contributed by atoms with E-state index in [0.717, 1.165) is 0 Å². The van der Waals surface area contributed by atoms with Gasteiger partial charge < -0.3 is 15.3 Å². The molecule has 158 valence electrons. The Morgan fingerprint density at radius 1 is 0.839 bits per heavy atom. The first-order chi connectivity index (χ1) is 14.5. The molecule has 31 heavy (non-hydrogen) atoms. The zero-order chi connectivity index (χ0) is 22.8. The lowest BCUT2D eigenvalue weighted by Gasteiger charge is -2.14. The summed E-state index contributed by atoms with van der Waals surface area (Å²) < 4.78 is 8.17. The van der Waals surface area contributed by atoms with Gasteiger partial charge in [-0.15, -0.1) is 0 Å². The van der Waals surface area contributed by atoms with Crippen molar-refractivity contribution in [2.75, 3.05) is 0 Å². The molecular formula is C20H7Cl2I4O5+. The monoisotopic (exact) mass is 905 g/mol. The van der Waals surface area contributed by atoms with Crippen molar-refractivity contribution in [3.8, 4) is 22.6 Å². The van der Waals surface area contributed by atoms with Crippen LogP contribution in [0, 0.1) is 14.3 Å². The lowest BCUT2D eigenvalue weighted by molar-refractivity contribution is 0.0697. The van der Waals surface area contributed by atoms with E-state index in [4.69, 9.17) is 27.6 Å². The molecule has 0 bridgehead atoms. The van der Waals surface area contributed by atoms with Gasteiger partial charge in [-0.05, 0) is 115 Å². The SMILES string of the molecule is O=C(O)c1ccc(Cl)c(Cl)c1-c1c2cc(I)c(O)c(I)c2[o+]c2c(I)c(O)c(I)cc12. The Morgan fingerprint density at radius 2 is 1.32 bits per heavy atom. The van der Waals surface area contributed by atoms with E-state index in [1.54, 1.807) is 12.1 Å². The number of benzene rings is 3. The second-order valence-corrected chi connectivity index (χ2v) is 11.6. The van der Waals surface area contributed by atoms with Gasteiger partial charge in [0.15, 0.2) is 18.6 Å². The molecule has 4 rings (SSSR count). The average molecular weight is 906 g/mol. The number of phenols is 2. The van der Waals surface area contributed by atoms with Crippen LogP contribution in [0.1, 0.15) is 10.4 Å². The second kappa shape index (κ2) is 8.92. The molecule has 0 aliphatic carbocycles. The molecule has 0 aliphatic rings. The van der Waals surface area contributed by atoms with E-state index in [9.17, 15) is 20.1 Å². The summed E-state index contributed by atoms with van der Waals surface area (Å²) in [5, 5.41) is 32.2. The molecule has 0 fully saturated rings. The smallest absolute Gasteiger partial charge is 0.378 e. The lowest BCUT2D eigenvalue weighted by atomic mass is 9.93. The summed E-state index contributed by atoms with van der Waals surface area (Å²) in [6.45, 7) is 0. The van der Waals surface area contributed by atoms with E-state index in [1.165, 1.54) is 12.1 Å². The maximum atomic E-state index is 12.1. The molecule has 3 N–H and O–H groups in total. The Kier molecular flexibility index (Phi) is 6.92. The first-order valence-electron chi connectivity index (χ1n) is 8.23. The van der Waals surface area contributed by atoms with Crippen molar-refractivity contribution in [2.24, 2.45) is 0 Å². The summed E-state index contributed by atoms with van der Waals surface area (Å²) in [4.78, 5) is 12.1. The highest BCUT2D eigenvalue weighted by atomic mass is 127. The first-order valence-corrected chi connectivity index (χ1v) is 13.3. The van der Waals surface area contributed by atoms with Crippen LogP contribution in [-0.2, 0) is 0 Å². The van der Waals surface area contributed by atoms with Crippen LogP contribution in [0.4, 0.5) is 0 Å². The third-order valence-electron chi connectivity index (χ3n) is 4.62. The molecule has 0 aliphatic heterocycles. The van der Waals surface area contributed by atoms with Crippen molar-refractivity contribution >= 4 is 141 Å². The molecule has 0 radical (unpaired) electrons. The van der Waals surface area contributed by atoms with Crippen LogP contribution in [0.5, 0.6) is 11.5 Å². The predicted molar refractivity (Wildman–Crippen MR) is 155 cm³/mol. The van der Waals surface area contributed by atoms with Crippen molar-refractivity contribution in [1.29, 1.82) is 0 Å². The van der Waals surface area contributed by atoms with Gasteiger partial charge in [0.1, 0.15) is 0 Å². The normalized spacial score (nSPS) is 11.4. The summed E-state index contributed by atoms with van der Waals surface area (Å²) in [6.07, 6.45) is 0. The van der Waals surface area contributed by atoms with Gasteiger partial charge >= 0.3 is 17.1 Å². The summed E-state index contributed by atoms with van der Waals surface area (Å²) in [7, 11) is 0. The highest BCUT2D eigenvalue weighted by molar-refractivity contribution is 14.1. The standard InChI is InChI=1S/C20H6Cl2I4O5/c21-8-2-1-5(20(29)30)12(13(8)22)11-6-3-9(23)16(27)14(25)18(6)31-19-7(11)4-10(24)17(28)15(19)26/h1-4H,(H2-,27,28,29,30)/p+1. The molecule has 0 spiro atoms. The largest absolute Gasteiger partial charge is 0.505 e. The van der Waals surface area contributed by atoms with Gasteiger partial charge in [0.25, 0.3) is 0 Å². The van der Waals surface area contributed by atoms with Crippen LogP contribution in [-0.4, -0.2) is 21.3 Å². The number of fused-ring (bicyclic) bond motifs is 2. The quantitative estimate of drug-likeness (QED) is 0.107. The van der Waals surface area contributed by atoms with E-state index in [1.807, 2.05) is 90.4 Å². The summed E-state index contributed by atoms with van der Waals surface area (Å²) in [5.41, 5.74) is 1.38. The highest BCUT2D eigenvalue weighted by Gasteiger charge is 2.32. The molecule has 11 heteroatoms. The Labute approximate surface area is 239 Å². The highest BCUT2D eigenvalue weighted by Crippen LogP contribution is 2.48. The van der Waals surface area contributed by atoms with Crippen LogP contribution in [0.15, 0.2) is 28.7 Å². The van der Waals surface area contributed by atoms with Crippen LogP contribution in [0.25, 0.3) is 33.1 Å². The maximum Gasteiger partial charge on any atom is 0.378 e. The Morgan fingerprint density at radius 3 is 1.77 bits per heavy atom. The number of phenolic OH excluding ortho intramolecular Hbond substituents is 2. The number of aromatic hydroxyl groups is 2. The second-order valence-electron chi connectivity index (χ2n) is 6.36. The number of carboxylic acid groups (broad SMARTS) is 1. The predicted octanol–water partition coefficient (Wildman–Crippen LogP) is 8.37. The van der Waals surface area contributed by atoms with E-state index < -0.39 is 5.97 Å². The number of hydrogen-bond acceptors (Lipinski definition) is 3. The minimum atomic E-state index is -1.16. The first kappa shape index (κ1) is 24.0. The van der Waals surface area contributed by atoms with Crippen LogP contribution < -0.4 is 0 Å². The maximum absolute atomic E-state index is 12.1. The van der Waals surface area contributed by atoms with E-state index in [0.29, 0.717) is 41.8 Å². The molecule has 0 atom stereocenters. The molecular weight excluding hydrogens is 899 g/mol. The van der Waals surface area contributed by atoms with Gasteiger partial charge in [-0.1, -0.05) is 23.2 Å². The van der Waals surface area contributed by atoms with Gasteiger partial charge in [0.2, 0.25) is 0 Å². The lowest BCUT2D eigenvalue weighted by Crippen LogP contribution is -2.02. The average Bonchev–Trinajstić information content (AvgIpc) is 2.72. The van der Waals surface area contributed by atoms with Crippen LogP contribution >= 0.6 is 114 Å². The van der Waals surface area contributed by atoms with Crippen molar-refractivity contribution in [2.45, 2.75) is 0 Å². The van der Waals surface area contributed by atoms with E-state index >= 15 is 0 Å². The van der Waals surface area contributed by atoms with Gasteiger partial charge in [-0.25, -0.2) is 9.21 Å².